The SMILES string of the molecule is c1ccc2c(c1)-c1cc(N(c3ccc4c(c3)sc3ccccc34)c3ccc4c(c3)sc3ccccc34)ccc1C21C2CC3CC(C2)CC1C3. The lowest BCUT2D eigenvalue weighted by molar-refractivity contribution is -0.0399. The summed E-state index contributed by atoms with van der Waals surface area (Å²) in [7, 11) is 0. The van der Waals surface area contributed by atoms with Crippen LogP contribution in [0.5, 0.6) is 0 Å². The average Bonchev–Trinajstić information content (AvgIpc) is 3.78. The fourth-order valence-corrected chi connectivity index (χ4v) is 13.7. The molecule has 0 N–H and O–H groups in total. The third kappa shape index (κ3) is 3.65. The van der Waals surface area contributed by atoms with Crippen LogP contribution in [0.15, 0.2) is 127 Å². The van der Waals surface area contributed by atoms with Gasteiger partial charge in [-0.05, 0) is 127 Å². The van der Waals surface area contributed by atoms with Crippen molar-refractivity contribution in [2.45, 2.75) is 37.5 Å². The zero-order valence-corrected chi connectivity index (χ0v) is 28.9. The van der Waals surface area contributed by atoms with Gasteiger partial charge in [0, 0.05) is 62.8 Å². The van der Waals surface area contributed by atoms with Crippen molar-refractivity contribution >= 4 is 80.1 Å². The number of fused-ring (bicyclic) bond motifs is 9. The van der Waals surface area contributed by atoms with Gasteiger partial charge in [0.2, 0.25) is 0 Å². The summed E-state index contributed by atoms with van der Waals surface area (Å²) >= 11 is 3.81. The van der Waals surface area contributed by atoms with E-state index in [9.17, 15) is 0 Å². The molecule has 4 saturated carbocycles. The van der Waals surface area contributed by atoms with E-state index in [1.807, 2.05) is 22.7 Å². The van der Waals surface area contributed by atoms with Gasteiger partial charge in [0.15, 0.2) is 0 Å². The van der Waals surface area contributed by atoms with Gasteiger partial charge in [0.25, 0.3) is 0 Å². The van der Waals surface area contributed by atoms with E-state index in [1.54, 1.807) is 11.1 Å². The van der Waals surface area contributed by atoms with E-state index in [-0.39, 0.29) is 5.41 Å². The van der Waals surface area contributed by atoms with E-state index in [4.69, 9.17) is 0 Å². The number of nitrogens with zero attached hydrogens (tertiary/aromatic N) is 1. The largest absolute Gasteiger partial charge is 0.310 e. The minimum Gasteiger partial charge on any atom is -0.310 e. The number of rotatable bonds is 3. The van der Waals surface area contributed by atoms with Crippen LogP contribution in [0.1, 0.15) is 43.2 Å². The average molecular weight is 666 g/mol. The Bertz CT molecular complexity index is 2510. The first-order valence-electron chi connectivity index (χ1n) is 18.1. The summed E-state index contributed by atoms with van der Waals surface area (Å²) in [6, 6.07) is 49.0. The van der Waals surface area contributed by atoms with Crippen LogP contribution in [-0.2, 0) is 5.41 Å². The van der Waals surface area contributed by atoms with E-state index in [2.05, 4.69) is 132 Å². The minimum atomic E-state index is 0.189. The molecule has 49 heavy (non-hydrogen) atoms. The summed E-state index contributed by atoms with van der Waals surface area (Å²) in [5.41, 5.74) is 10.1. The molecule has 1 nitrogen and oxygen atoms in total. The Balaban J connectivity index is 1.08. The molecule has 5 aliphatic carbocycles. The van der Waals surface area contributed by atoms with Crippen molar-refractivity contribution in [2.24, 2.45) is 23.7 Å². The Kier molecular flexibility index (Phi) is 5.50. The van der Waals surface area contributed by atoms with Crippen LogP contribution in [-0.4, -0.2) is 0 Å². The number of hydrogen-bond acceptors (Lipinski definition) is 3. The normalized spacial score (nSPS) is 24.8. The van der Waals surface area contributed by atoms with Crippen LogP contribution < -0.4 is 4.90 Å². The van der Waals surface area contributed by atoms with Crippen molar-refractivity contribution in [1.29, 1.82) is 0 Å². The summed E-state index contributed by atoms with van der Waals surface area (Å²) in [6.45, 7) is 0. The summed E-state index contributed by atoms with van der Waals surface area (Å²) in [5.74, 6) is 3.45. The Morgan fingerprint density at radius 1 is 0.429 bits per heavy atom. The number of benzene rings is 6. The van der Waals surface area contributed by atoms with Gasteiger partial charge < -0.3 is 4.90 Å². The maximum absolute atomic E-state index is 2.57. The highest BCUT2D eigenvalue weighted by molar-refractivity contribution is 7.26. The molecule has 8 aromatic rings. The zero-order chi connectivity index (χ0) is 31.8. The maximum Gasteiger partial charge on any atom is 0.0476 e. The van der Waals surface area contributed by atoms with Crippen LogP contribution in [0.25, 0.3) is 51.5 Å². The van der Waals surface area contributed by atoms with Gasteiger partial charge in [-0.1, -0.05) is 78.9 Å². The zero-order valence-electron chi connectivity index (χ0n) is 27.2. The van der Waals surface area contributed by atoms with Crippen LogP contribution in [0.4, 0.5) is 17.1 Å². The highest BCUT2D eigenvalue weighted by Crippen LogP contribution is 2.69. The molecular formula is C46H35NS2. The summed E-state index contributed by atoms with van der Waals surface area (Å²) < 4.78 is 5.38. The lowest BCUT2D eigenvalue weighted by Crippen LogP contribution is -2.55. The first-order chi connectivity index (χ1) is 24.2. The molecule has 13 rings (SSSR count). The molecule has 1 spiro atoms. The molecule has 2 heterocycles. The van der Waals surface area contributed by atoms with Crippen molar-refractivity contribution < 1.29 is 0 Å². The smallest absolute Gasteiger partial charge is 0.0476 e. The molecule has 3 heteroatoms. The summed E-state index contributed by atoms with van der Waals surface area (Å²) in [4.78, 5) is 2.53. The number of thiophene rings is 2. The summed E-state index contributed by atoms with van der Waals surface area (Å²) in [6.07, 6.45) is 7.15. The second-order valence-corrected chi connectivity index (χ2v) is 17.5. The second-order valence-electron chi connectivity index (χ2n) is 15.3. The van der Waals surface area contributed by atoms with Crippen molar-refractivity contribution in [2.75, 3.05) is 4.90 Å². The van der Waals surface area contributed by atoms with Crippen LogP contribution in [0, 0.1) is 23.7 Å². The molecule has 4 fully saturated rings. The molecule has 2 aromatic heterocycles. The van der Waals surface area contributed by atoms with Crippen molar-refractivity contribution in [3.05, 3.63) is 139 Å². The fraction of sp³-hybridized carbons (Fsp3) is 0.217. The molecule has 0 radical (unpaired) electrons. The monoisotopic (exact) mass is 665 g/mol. The Labute approximate surface area is 294 Å². The molecule has 0 amide bonds. The molecule has 0 saturated heterocycles. The van der Waals surface area contributed by atoms with Gasteiger partial charge in [0.05, 0.1) is 0 Å². The molecule has 4 bridgehead atoms. The number of hydrogen-bond donors (Lipinski definition) is 0. The quantitative estimate of drug-likeness (QED) is 0.182. The van der Waals surface area contributed by atoms with Gasteiger partial charge in [-0.15, -0.1) is 22.7 Å². The predicted molar refractivity (Wildman–Crippen MR) is 210 cm³/mol. The molecular weight excluding hydrogens is 631 g/mol. The first kappa shape index (κ1) is 27.4. The molecule has 5 aliphatic rings. The third-order valence-corrected chi connectivity index (χ3v) is 15.3. The molecule has 6 aromatic carbocycles. The fourth-order valence-electron chi connectivity index (χ4n) is 11.4. The number of anilines is 3. The molecule has 0 atom stereocenters. The van der Waals surface area contributed by atoms with Crippen molar-refractivity contribution in [3.8, 4) is 11.1 Å². The molecule has 236 valence electrons. The van der Waals surface area contributed by atoms with E-state index in [1.165, 1.54) is 101 Å². The van der Waals surface area contributed by atoms with Crippen molar-refractivity contribution in [1.82, 2.24) is 0 Å². The van der Waals surface area contributed by atoms with Crippen LogP contribution in [0.2, 0.25) is 0 Å². The minimum absolute atomic E-state index is 0.189. The van der Waals surface area contributed by atoms with Gasteiger partial charge in [-0.3, -0.25) is 0 Å². The highest BCUT2D eigenvalue weighted by atomic mass is 32.1. The van der Waals surface area contributed by atoms with Gasteiger partial charge in [0.1, 0.15) is 0 Å². The van der Waals surface area contributed by atoms with E-state index >= 15 is 0 Å². The van der Waals surface area contributed by atoms with E-state index in [0.717, 1.165) is 23.7 Å². The second kappa shape index (κ2) is 9.84. The van der Waals surface area contributed by atoms with E-state index < -0.39 is 0 Å². The predicted octanol–water partition coefficient (Wildman–Crippen LogP) is 13.6. The van der Waals surface area contributed by atoms with E-state index in [0.29, 0.717) is 0 Å². The Morgan fingerprint density at radius 2 is 0.918 bits per heavy atom. The lowest BCUT2D eigenvalue weighted by Gasteiger charge is -2.61. The molecule has 0 aliphatic heterocycles. The van der Waals surface area contributed by atoms with Crippen LogP contribution in [0.3, 0.4) is 0 Å². The highest BCUT2D eigenvalue weighted by Gasteiger charge is 2.61. The standard InChI is InChI=1S/C46H35NS2/c1-4-10-40-34(7-1)39-24-31(15-18-41(39)46(40)29-20-27-19-28(22-29)23-30(46)21-27)47(32-13-16-37-35-8-2-5-11-42(35)48-44(37)25-32)33-14-17-38-36-9-3-6-12-43(36)49-45(38)26-33/h1-18,24-30H,19-23H2. The third-order valence-electron chi connectivity index (χ3n) is 13.0. The van der Waals surface area contributed by atoms with Gasteiger partial charge >= 0.3 is 0 Å². The first-order valence-corrected chi connectivity index (χ1v) is 19.7. The molecule has 0 unspecified atom stereocenters. The summed E-state index contributed by atoms with van der Waals surface area (Å²) in [5, 5.41) is 5.39. The Morgan fingerprint density at radius 3 is 1.55 bits per heavy atom. The van der Waals surface area contributed by atoms with Gasteiger partial charge in [-0.2, -0.15) is 0 Å². The van der Waals surface area contributed by atoms with Gasteiger partial charge in [-0.25, -0.2) is 0 Å². The lowest BCUT2D eigenvalue weighted by atomic mass is 9.43. The maximum atomic E-state index is 2.57. The van der Waals surface area contributed by atoms with Crippen LogP contribution >= 0.6 is 22.7 Å². The van der Waals surface area contributed by atoms with Crippen molar-refractivity contribution in [3.63, 3.8) is 0 Å². The Hall–Kier alpha value is -4.44. The topological polar surface area (TPSA) is 3.24 Å².